The van der Waals surface area contributed by atoms with Gasteiger partial charge in [-0.3, -0.25) is 4.90 Å². The summed E-state index contributed by atoms with van der Waals surface area (Å²) in [5.74, 6) is 0. The van der Waals surface area contributed by atoms with Crippen LogP contribution in [0.15, 0.2) is 109 Å². The van der Waals surface area contributed by atoms with E-state index in [1.54, 1.807) is 0 Å². The van der Waals surface area contributed by atoms with Gasteiger partial charge in [0, 0.05) is 29.7 Å². The molecule has 0 aliphatic rings. The Hall–Kier alpha value is -2.66. The van der Waals surface area contributed by atoms with E-state index in [1.807, 2.05) is 84.9 Å². The number of benzene rings is 4. The van der Waals surface area contributed by atoms with Gasteiger partial charge in [0.15, 0.2) is 0 Å². The molecule has 4 aromatic rings. The fraction of sp³-hybridized carbons (Fsp3) is 0.200. The van der Waals surface area contributed by atoms with Crippen molar-refractivity contribution in [1.29, 1.82) is 0 Å². The molecule has 0 aliphatic heterocycles. The first kappa shape index (κ1) is 25.4. The quantitative estimate of drug-likeness (QED) is 0.234. The Morgan fingerprint density at radius 1 is 0.629 bits per heavy atom. The molecule has 5 heteroatoms. The zero-order valence-corrected chi connectivity index (χ0v) is 20.9. The van der Waals surface area contributed by atoms with Crippen molar-refractivity contribution in [1.82, 2.24) is 4.90 Å². The third-order valence-corrected chi connectivity index (χ3v) is 6.27. The van der Waals surface area contributed by atoms with Crippen molar-refractivity contribution in [2.24, 2.45) is 0 Å². The Morgan fingerprint density at radius 3 is 1.49 bits per heavy atom. The van der Waals surface area contributed by atoms with Crippen LogP contribution < -0.4 is 0 Å². The molecule has 0 bridgehead atoms. The predicted molar refractivity (Wildman–Crippen MR) is 144 cm³/mol. The van der Waals surface area contributed by atoms with Gasteiger partial charge in [0.25, 0.3) is 0 Å². The second kappa shape index (κ2) is 12.9. The average molecular weight is 506 g/mol. The summed E-state index contributed by atoms with van der Waals surface area (Å²) in [6.45, 7) is 2.16. The smallest absolute Gasteiger partial charge is 0.108 e. The minimum absolute atomic E-state index is 0.190. The van der Waals surface area contributed by atoms with Gasteiger partial charge in [0.05, 0.1) is 12.7 Å². The summed E-state index contributed by atoms with van der Waals surface area (Å²) in [6, 6.07) is 35.8. The molecule has 0 aromatic heterocycles. The first-order valence-corrected chi connectivity index (χ1v) is 12.4. The Kier molecular flexibility index (Phi) is 9.35. The Bertz CT molecular complexity index is 1070. The van der Waals surface area contributed by atoms with Gasteiger partial charge in [-0.05, 0) is 46.5 Å². The van der Waals surface area contributed by atoms with Crippen LogP contribution in [0.25, 0.3) is 0 Å². The van der Waals surface area contributed by atoms with Crippen LogP contribution in [0.4, 0.5) is 0 Å². The van der Waals surface area contributed by atoms with Gasteiger partial charge >= 0.3 is 0 Å². The van der Waals surface area contributed by atoms with E-state index >= 15 is 0 Å². The van der Waals surface area contributed by atoms with Crippen LogP contribution >= 0.6 is 23.2 Å². The number of nitrogens with zero attached hydrogens (tertiary/aromatic N) is 1. The molecule has 4 aromatic carbocycles. The normalized spacial score (nSPS) is 12.3. The van der Waals surface area contributed by atoms with E-state index in [2.05, 4.69) is 29.2 Å². The zero-order chi connectivity index (χ0) is 24.5. The van der Waals surface area contributed by atoms with E-state index in [-0.39, 0.29) is 12.7 Å². The highest BCUT2D eigenvalue weighted by atomic mass is 35.5. The van der Waals surface area contributed by atoms with Crippen LogP contribution in [0.5, 0.6) is 0 Å². The molecule has 0 heterocycles. The van der Waals surface area contributed by atoms with Gasteiger partial charge in [-0.25, -0.2) is 0 Å². The summed E-state index contributed by atoms with van der Waals surface area (Å²) >= 11 is 12.2. The lowest BCUT2D eigenvalue weighted by atomic mass is 10.0. The molecule has 180 valence electrons. The number of hydrogen-bond donors (Lipinski definition) is 1. The summed E-state index contributed by atoms with van der Waals surface area (Å²) in [6.07, 6.45) is -1.000. The highest BCUT2D eigenvalue weighted by Crippen LogP contribution is 2.28. The lowest BCUT2D eigenvalue weighted by molar-refractivity contribution is -0.0106. The first-order valence-electron chi connectivity index (χ1n) is 11.7. The molecule has 0 saturated heterocycles. The van der Waals surface area contributed by atoms with Crippen LogP contribution in [-0.2, 0) is 17.8 Å². The number of hydrogen-bond acceptors (Lipinski definition) is 3. The standard InChI is InChI=1S/C30H29Cl2NO2/c31-27-15-11-25(12-16-27)30(26-13-17-28(32)18-14-26)35-22-29(34)21-33(19-23-7-3-1-4-8-23)20-24-9-5-2-6-10-24/h1-18,29-30,34H,19-22H2. The van der Waals surface area contributed by atoms with Crippen molar-refractivity contribution in [3.8, 4) is 0 Å². The van der Waals surface area contributed by atoms with Crippen LogP contribution in [0.2, 0.25) is 10.0 Å². The number of ether oxygens (including phenoxy) is 1. The monoisotopic (exact) mass is 505 g/mol. The molecule has 35 heavy (non-hydrogen) atoms. The van der Waals surface area contributed by atoms with E-state index in [0.29, 0.717) is 16.6 Å². The molecule has 0 radical (unpaired) electrons. The third-order valence-electron chi connectivity index (χ3n) is 5.77. The van der Waals surface area contributed by atoms with Crippen LogP contribution in [0.1, 0.15) is 28.4 Å². The molecule has 1 N–H and O–H groups in total. The predicted octanol–water partition coefficient (Wildman–Crippen LogP) is 7.16. The van der Waals surface area contributed by atoms with Crippen LogP contribution in [0.3, 0.4) is 0 Å². The molecule has 0 amide bonds. The Morgan fingerprint density at radius 2 is 1.06 bits per heavy atom. The molecule has 4 rings (SSSR count). The second-order valence-corrected chi connectivity index (χ2v) is 9.48. The molecule has 0 saturated carbocycles. The SMILES string of the molecule is OC(COC(c1ccc(Cl)cc1)c1ccc(Cl)cc1)CN(Cc1ccccc1)Cc1ccccc1. The first-order chi connectivity index (χ1) is 17.1. The van der Waals surface area contributed by atoms with E-state index in [1.165, 1.54) is 11.1 Å². The van der Waals surface area contributed by atoms with Crippen molar-refractivity contribution in [2.45, 2.75) is 25.3 Å². The van der Waals surface area contributed by atoms with Crippen LogP contribution in [0, 0.1) is 0 Å². The van der Waals surface area contributed by atoms with Crippen molar-refractivity contribution in [2.75, 3.05) is 13.2 Å². The minimum atomic E-state index is -0.662. The summed E-state index contributed by atoms with van der Waals surface area (Å²) in [5, 5.41) is 12.3. The summed E-state index contributed by atoms with van der Waals surface area (Å²) in [5.41, 5.74) is 4.34. The number of halogens is 2. The molecule has 0 fully saturated rings. The van der Waals surface area contributed by atoms with Crippen molar-refractivity contribution >= 4 is 23.2 Å². The maximum absolute atomic E-state index is 11.0. The topological polar surface area (TPSA) is 32.7 Å². The highest BCUT2D eigenvalue weighted by Gasteiger charge is 2.19. The van der Waals surface area contributed by atoms with E-state index in [0.717, 1.165) is 24.2 Å². The fourth-order valence-electron chi connectivity index (χ4n) is 4.09. The maximum atomic E-state index is 11.0. The van der Waals surface area contributed by atoms with Crippen molar-refractivity contribution in [3.05, 3.63) is 141 Å². The largest absolute Gasteiger partial charge is 0.389 e. The average Bonchev–Trinajstić information content (AvgIpc) is 2.87. The number of aliphatic hydroxyl groups is 1. The molecule has 3 nitrogen and oxygen atoms in total. The minimum Gasteiger partial charge on any atom is -0.389 e. The Balaban J connectivity index is 1.46. The lowest BCUT2D eigenvalue weighted by Crippen LogP contribution is -2.34. The highest BCUT2D eigenvalue weighted by molar-refractivity contribution is 6.30. The van der Waals surface area contributed by atoms with Gasteiger partial charge in [0.2, 0.25) is 0 Å². The summed E-state index contributed by atoms with van der Waals surface area (Å²) in [7, 11) is 0. The summed E-state index contributed by atoms with van der Waals surface area (Å²) < 4.78 is 6.29. The van der Waals surface area contributed by atoms with Gasteiger partial charge in [-0.1, -0.05) is 108 Å². The van der Waals surface area contributed by atoms with E-state index in [4.69, 9.17) is 27.9 Å². The van der Waals surface area contributed by atoms with Crippen molar-refractivity contribution in [3.63, 3.8) is 0 Å². The van der Waals surface area contributed by atoms with Gasteiger partial charge in [-0.15, -0.1) is 0 Å². The second-order valence-electron chi connectivity index (χ2n) is 8.61. The van der Waals surface area contributed by atoms with Gasteiger partial charge in [0.1, 0.15) is 6.10 Å². The van der Waals surface area contributed by atoms with Crippen molar-refractivity contribution < 1.29 is 9.84 Å². The van der Waals surface area contributed by atoms with Crippen LogP contribution in [-0.4, -0.2) is 29.3 Å². The third kappa shape index (κ3) is 7.93. The maximum Gasteiger partial charge on any atom is 0.108 e. The molecular formula is C30H29Cl2NO2. The van der Waals surface area contributed by atoms with Gasteiger partial charge in [-0.2, -0.15) is 0 Å². The van der Waals surface area contributed by atoms with E-state index < -0.39 is 6.10 Å². The Labute approximate surface area is 217 Å². The lowest BCUT2D eigenvalue weighted by Gasteiger charge is -2.27. The number of aliphatic hydroxyl groups excluding tert-OH is 1. The molecule has 0 spiro atoms. The number of rotatable bonds is 11. The zero-order valence-electron chi connectivity index (χ0n) is 19.4. The summed E-state index contributed by atoms with van der Waals surface area (Å²) in [4.78, 5) is 2.25. The fourth-order valence-corrected chi connectivity index (χ4v) is 4.34. The van der Waals surface area contributed by atoms with Gasteiger partial charge < -0.3 is 9.84 Å². The molecule has 1 unspecified atom stereocenters. The molecular weight excluding hydrogens is 477 g/mol. The molecule has 1 atom stereocenters. The molecule has 0 aliphatic carbocycles. The van der Waals surface area contributed by atoms with E-state index in [9.17, 15) is 5.11 Å².